The Kier molecular flexibility index (Phi) is 5.76. The molecule has 0 N–H and O–H groups in total. The summed E-state index contributed by atoms with van der Waals surface area (Å²) in [5.41, 5.74) is 9.77. The van der Waals surface area contributed by atoms with E-state index in [2.05, 4.69) is 88.4 Å². The molecule has 0 aliphatic rings. The van der Waals surface area contributed by atoms with E-state index in [1.54, 1.807) is 0 Å². The van der Waals surface area contributed by atoms with Crippen molar-refractivity contribution in [3.8, 4) is 0 Å². The van der Waals surface area contributed by atoms with E-state index >= 15 is 0 Å². The Balaban J connectivity index is 2.00. The highest BCUT2D eigenvalue weighted by molar-refractivity contribution is 5.45. The standard InChI is InChI=1S/C28H28N2/c1-19-13-20(2)16-23(15-19)27(25-9-5-7-11-29-25)28(26-10-6-8-12-30-26)24-17-21(3)14-22(4)18-24/h5-18,27-28H,1-4H3/t27-,28-/m1/s1. The predicted octanol–water partition coefficient (Wildman–Crippen LogP) is 6.67. The lowest BCUT2D eigenvalue weighted by Crippen LogP contribution is -2.17. The first kappa shape index (κ1) is 20.0. The van der Waals surface area contributed by atoms with Crippen LogP contribution in [0.4, 0.5) is 0 Å². The Morgan fingerprint density at radius 1 is 0.500 bits per heavy atom. The van der Waals surface area contributed by atoms with Crippen molar-refractivity contribution in [3.05, 3.63) is 130 Å². The van der Waals surface area contributed by atoms with Crippen LogP contribution in [0.3, 0.4) is 0 Å². The first-order valence-corrected chi connectivity index (χ1v) is 10.5. The van der Waals surface area contributed by atoms with Crippen LogP contribution in [0.25, 0.3) is 0 Å². The molecule has 2 heterocycles. The Labute approximate surface area is 179 Å². The van der Waals surface area contributed by atoms with Crippen LogP contribution in [0.5, 0.6) is 0 Å². The largest absolute Gasteiger partial charge is 0.261 e. The van der Waals surface area contributed by atoms with Gasteiger partial charge in [0.2, 0.25) is 0 Å². The first-order valence-electron chi connectivity index (χ1n) is 10.5. The molecule has 0 saturated heterocycles. The van der Waals surface area contributed by atoms with Gasteiger partial charge >= 0.3 is 0 Å². The number of aromatic nitrogens is 2. The lowest BCUT2D eigenvalue weighted by molar-refractivity contribution is 0.656. The maximum atomic E-state index is 4.80. The number of hydrogen-bond acceptors (Lipinski definition) is 2. The van der Waals surface area contributed by atoms with Crippen molar-refractivity contribution in [3.63, 3.8) is 0 Å². The van der Waals surface area contributed by atoms with Gasteiger partial charge in [-0.25, -0.2) is 0 Å². The highest BCUT2D eigenvalue weighted by Crippen LogP contribution is 2.42. The Morgan fingerprint density at radius 3 is 1.17 bits per heavy atom. The Morgan fingerprint density at radius 2 is 0.867 bits per heavy atom. The third-order valence-corrected chi connectivity index (χ3v) is 5.55. The van der Waals surface area contributed by atoms with Crippen molar-refractivity contribution in [2.45, 2.75) is 39.5 Å². The lowest BCUT2D eigenvalue weighted by atomic mass is 9.76. The fourth-order valence-corrected chi connectivity index (χ4v) is 4.57. The molecule has 0 fully saturated rings. The first-order chi connectivity index (χ1) is 14.5. The molecule has 2 heteroatoms. The van der Waals surface area contributed by atoms with Gasteiger partial charge in [0.05, 0.1) is 0 Å². The van der Waals surface area contributed by atoms with E-state index in [-0.39, 0.29) is 11.8 Å². The van der Waals surface area contributed by atoms with Crippen LogP contribution in [-0.2, 0) is 0 Å². The van der Waals surface area contributed by atoms with Gasteiger partial charge in [-0.05, 0) is 63.1 Å². The topological polar surface area (TPSA) is 25.8 Å². The predicted molar refractivity (Wildman–Crippen MR) is 124 cm³/mol. The summed E-state index contributed by atoms with van der Waals surface area (Å²) >= 11 is 0. The summed E-state index contributed by atoms with van der Waals surface area (Å²) in [6.45, 7) is 8.66. The van der Waals surface area contributed by atoms with Crippen LogP contribution >= 0.6 is 0 Å². The average molecular weight is 393 g/mol. The van der Waals surface area contributed by atoms with Gasteiger partial charge in [-0.1, -0.05) is 70.8 Å². The summed E-state index contributed by atoms with van der Waals surface area (Å²) in [6.07, 6.45) is 3.78. The molecule has 2 nitrogen and oxygen atoms in total. The summed E-state index contributed by atoms with van der Waals surface area (Å²) in [5, 5.41) is 0. The molecule has 30 heavy (non-hydrogen) atoms. The van der Waals surface area contributed by atoms with Crippen molar-refractivity contribution in [1.29, 1.82) is 0 Å². The third-order valence-electron chi connectivity index (χ3n) is 5.55. The molecule has 0 bridgehead atoms. The molecule has 0 unspecified atom stereocenters. The van der Waals surface area contributed by atoms with Crippen molar-refractivity contribution in [1.82, 2.24) is 9.97 Å². The summed E-state index contributed by atoms with van der Waals surface area (Å²) < 4.78 is 0. The molecule has 0 spiro atoms. The smallest absolute Gasteiger partial charge is 0.0488 e. The summed E-state index contributed by atoms with van der Waals surface area (Å²) in [4.78, 5) is 9.61. The fraction of sp³-hybridized carbons (Fsp3) is 0.214. The van der Waals surface area contributed by atoms with Crippen molar-refractivity contribution >= 4 is 0 Å². The quantitative estimate of drug-likeness (QED) is 0.379. The minimum absolute atomic E-state index is 0.0703. The second-order valence-corrected chi connectivity index (χ2v) is 8.31. The molecule has 0 saturated carbocycles. The van der Waals surface area contributed by atoms with E-state index < -0.39 is 0 Å². The second-order valence-electron chi connectivity index (χ2n) is 8.31. The molecule has 0 aliphatic heterocycles. The highest BCUT2D eigenvalue weighted by atomic mass is 14.7. The molecule has 4 rings (SSSR count). The molecule has 2 atom stereocenters. The SMILES string of the molecule is Cc1cc(C)cc([C@H](c2ccccn2)[C@H](c2cc(C)cc(C)c2)c2ccccn2)c1. The van der Waals surface area contributed by atoms with Crippen molar-refractivity contribution < 1.29 is 0 Å². The zero-order valence-corrected chi connectivity index (χ0v) is 18.1. The molecule has 150 valence electrons. The summed E-state index contributed by atoms with van der Waals surface area (Å²) in [6, 6.07) is 26.0. The van der Waals surface area contributed by atoms with Crippen LogP contribution in [0.2, 0.25) is 0 Å². The molecule has 2 aromatic heterocycles. The fourth-order valence-electron chi connectivity index (χ4n) is 4.57. The maximum Gasteiger partial charge on any atom is 0.0488 e. The average Bonchev–Trinajstić information content (AvgIpc) is 2.71. The molecular formula is C28H28N2. The van der Waals surface area contributed by atoms with Gasteiger partial charge in [-0.2, -0.15) is 0 Å². The van der Waals surface area contributed by atoms with Gasteiger partial charge in [0.1, 0.15) is 0 Å². The zero-order valence-electron chi connectivity index (χ0n) is 18.1. The molecule has 4 aromatic rings. The second kappa shape index (κ2) is 8.62. The maximum absolute atomic E-state index is 4.80. The van der Waals surface area contributed by atoms with Gasteiger partial charge in [-0.15, -0.1) is 0 Å². The third kappa shape index (κ3) is 4.33. The van der Waals surface area contributed by atoms with Crippen molar-refractivity contribution in [2.24, 2.45) is 0 Å². The van der Waals surface area contributed by atoms with Crippen LogP contribution < -0.4 is 0 Å². The summed E-state index contributed by atoms with van der Waals surface area (Å²) in [5.74, 6) is 0.141. The number of pyridine rings is 2. The van der Waals surface area contributed by atoms with E-state index in [0.29, 0.717) is 0 Å². The van der Waals surface area contributed by atoms with Crippen LogP contribution in [-0.4, -0.2) is 9.97 Å². The number of aryl methyl sites for hydroxylation is 4. The number of benzene rings is 2. The highest BCUT2D eigenvalue weighted by Gasteiger charge is 2.30. The normalized spacial score (nSPS) is 13.1. The van der Waals surface area contributed by atoms with Crippen molar-refractivity contribution in [2.75, 3.05) is 0 Å². The van der Waals surface area contributed by atoms with Crippen LogP contribution in [0.1, 0.15) is 56.6 Å². The van der Waals surface area contributed by atoms with Gasteiger partial charge in [-0.3, -0.25) is 9.97 Å². The molecule has 0 radical (unpaired) electrons. The van der Waals surface area contributed by atoms with E-state index in [4.69, 9.17) is 9.97 Å². The molecule has 2 aromatic carbocycles. The van der Waals surface area contributed by atoms with Gasteiger partial charge in [0.25, 0.3) is 0 Å². The number of rotatable bonds is 5. The van der Waals surface area contributed by atoms with E-state index in [1.165, 1.54) is 33.4 Å². The minimum Gasteiger partial charge on any atom is -0.261 e. The minimum atomic E-state index is 0.0703. The number of hydrogen-bond donors (Lipinski definition) is 0. The van der Waals surface area contributed by atoms with E-state index in [1.807, 2.05) is 24.5 Å². The monoisotopic (exact) mass is 392 g/mol. The van der Waals surface area contributed by atoms with Gasteiger partial charge in [0, 0.05) is 35.6 Å². The molecule has 0 amide bonds. The van der Waals surface area contributed by atoms with Crippen LogP contribution in [0.15, 0.2) is 85.2 Å². The van der Waals surface area contributed by atoms with Gasteiger partial charge in [0.15, 0.2) is 0 Å². The zero-order chi connectivity index (χ0) is 21.1. The molecule has 0 aliphatic carbocycles. The molecular weight excluding hydrogens is 364 g/mol. The van der Waals surface area contributed by atoms with Gasteiger partial charge < -0.3 is 0 Å². The number of nitrogens with zero attached hydrogens (tertiary/aromatic N) is 2. The lowest BCUT2D eigenvalue weighted by Gasteiger charge is -2.29. The Bertz CT molecular complexity index is 1000. The van der Waals surface area contributed by atoms with E-state index in [0.717, 1.165) is 11.4 Å². The Hall–Kier alpha value is -3.26. The van der Waals surface area contributed by atoms with E-state index in [9.17, 15) is 0 Å². The summed E-state index contributed by atoms with van der Waals surface area (Å²) in [7, 11) is 0. The van der Waals surface area contributed by atoms with Crippen LogP contribution in [0, 0.1) is 27.7 Å².